The van der Waals surface area contributed by atoms with Crippen molar-refractivity contribution in [2.75, 3.05) is 20.2 Å². The van der Waals surface area contributed by atoms with E-state index in [-0.39, 0.29) is 17.8 Å². The fourth-order valence-electron chi connectivity index (χ4n) is 2.72. The van der Waals surface area contributed by atoms with E-state index in [2.05, 4.69) is 0 Å². The molecule has 124 valence electrons. The Kier molecular flexibility index (Phi) is 4.51. The predicted octanol–water partition coefficient (Wildman–Crippen LogP) is 2.80. The number of likely N-dealkylation sites (tertiary alicyclic amines) is 1. The summed E-state index contributed by atoms with van der Waals surface area (Å²) in [6, 6.07) is 14.3. The number of ketones is 1. The monoisotopic (exact) mass is 325 g/mol. The zero-order chi connectivity index (χ0) is 17.1. The normalized spacial score (nSPS) is 14.0. The SMILES string of the molecule is COc1ccccc1OC1CN(C(=O)c2ccccc2C(C)=O)C1. The summed E-state index contributed by atoms with van der Waals surface area (Å²) in [7, 11) is 1.59. The lowest BCUT2D eigenvalue weighted by Crippen LogP contribution is -2.56. The minimum absolute atomic E-state index is 0.0743. The zero-order valence-electron chi connectivity index (χ0n) is 13.7. The molecule has 0 N–H and O–H groups in total. The summed E-state index contributed by atoms with van der Waals surface area (Å²) < 4.78 is 11.1. The third-order valence-electron chi connectivity index (χ3n) is 4.03. The van der Waals surface area contributed by atoms with Crippen LogP contribution < -0.4 is 9.47 Å². The van der Waals surface area contributed by atoms with Crippen molar-refractivity contribution < 1.29 is 19.1 Å². The lowest BCUT2D eigenvalue weighted by atomic mass is 10.0. The number of methoxy groups -OCH3 is 1. The smallest absolute Gasteiger partial charge is 0.254 e. The van der Waals surface area contributed by atoms with Gasteiger partial charge in [0, 0.05) is 5.56 Å². The second-order valence-electron chi connectivity index (χ2n) is 5.70. The molecule has 0 aliphatic carbocycles. The summed E-state index contributed by atoms with van der Waals surface area (Å²) in [4.78, 5) is 25.9. The molecular weight excluding hydrogens is 306 g/mol. The van der Waals surface area contributed by atoms with E-state index in [4.69, 9.17) is 9.47 Å². The van der Waals surface area contributed by atoms with Crippen LogP contribution in [0, 0.1) is 0 Å². The van der Waals surface area contributed by atoms with Crippen LogP contribution in [0.15, 0.2) is 48.5 Å². The van der Waals surface area contributed by atoms with Gasteiger partial charge in [-0.15, -0.1) is 0 Å². The highest BCUT2D eigenvalue weighted by Crippen LogP contribution is 2.29. The van der Waals surface area contributed by atoms with Crippen LogP contribution in [-0.2, 0) is 0 Å². The van der Waals surface area contributed by atoms with Crippen molar-refractivity contribution in [1.82, 2.24) is 4.90 Å². The maximum Gasteiger partial charge on any atom is 0.254 e. The molecule has 0 bridgehead atoms. The number of Topliss-reactive ketones (excluding diaryl/α,β-unsaturated/α-hetero) is 1. The summed E-state index contributed by atoms with van der Waals surface area (Å²) in [6.07, 6.45) is -0.0743. The molecule has 1 aliphatic rings. The second-order valence-corrected chi connectivity index (χ2v) is 5.70. The van der Waals surface area contributed by atoms with Gasteiger partial charge in [-0.25, -0.2) is 0 Å². The molecule has 0 atom stereocenters. The van der Waals surface area contributed by atoms with Crippen molar-refractivity contribution in [3.63, 3.8) is 0 Å². The quantitative estimate of drug-likeness (QED) is 0.793. The maximum absolute atomic E-state index is 12.6. The van der Waals surface area contributed by atoms with Gasteiger partial charge in [0.25, 0.3) is 5.91 Å². The number of carbonyl (C=O) groups is 2. The third-order valence-corrected chi connectivity index (χ3v) is 4.03. The lowest BCUT2D eigenvalue weighted by Gasteiger charge is -2.39. The van der Waals surface area contributed by atoms with Crippen LogP contribution in [0.2, 0.25) is 0 Å². The summed E-state index contributed by atoms with van der Waals surface area (Å²) in [5.41, 5.74) is 0.900. The highest BCUT2D eigenvalue weighted by molar-refractivity contribution is 6.07. The van der Waals surface area contributed by atoms with Gasteiger partial charge in [-0.05, 0) is 25.1 Å². The molecular formula is C19H19NO4. The number of para-hydroxylation sites is 2. The molecule has 5 heteroatoms. The number of hydrogen-bond donors (Lipinski definition) is 0. The van der Waals surface area contributed by atoms with Crippen LogP contribution in [0.5, 0.6) is 11.5 Å². The number of carbonyl (C=O) groups excluding carboxylic acids is 2. The van der Waals surface area contributed by atoms with Crippen molar-refractivity contribution in [2.45, 2.75) is 13.0 Å². The van der Waals surface area contributed by atoms with Gasteiger partial charge in [0.1, 0.15) is 6.10 Å². The maximum atomic E-state index is 12.6. The molecule has 1 fully saturated rings. The number of rotatable bonds is 5. The van der Waals surface area contributed by atoms with Crippen LogP contribution >= 0.6 is 0 Å². The van der Waals surface area contributed by atoms with Gasteiger partial charge in [-0.1, -0.05) is 30.3 Å². The molecule has 3 rings (SSSR count). The highest BCUT2D eigenvalue weighted by Gasteiger charge is 2.34. The molecule has 1 saturated heterocycles. The Labute approximate surface area is 140 Å². The number of benzene rings is 2. The zero-order valence-corrected chi connectivity index (χ0v) is 13.7. The Morgan fingerprint density at radius 2 is 1.54 bits per heavy atom. The van der Waals surface area contributed by atoms with Crippen molar-refractivity contribution in [3.8, 4) is 11.5 Å². The molecule has 0 spiro atoms. The molecule has 2 aromatic rings. The molecule has 0 aromatic heterocycles. The summed E-state index contributed by atoms with van der Waals surface area (Å²) in [6.45, 7) is 2.45. The van der Waals surface area contributed by atoms with Crippen LogP contribution in [0.25, 0.3) is 0 Å². The van der Waals surface area contributed by atoms with Crippen LogP contribution in [0.3, 0.4) is 0 Å². The van der Waals surface area contributed by atoms with Gasteiger partial charge in [0.15, 0.2) is 17.3 Å². The highest BCUT2D eigenvalue weighted by atomic mass is 16.5. The van der Waals surface area contributed by atoms with E-state index in [1.54, 1.807) is 36.3 Å². The standard InChI is InChI=1S/C19H19NO4/c1-13(21)15-7-3-4-8-16(15)19(22)20-11-14(12-20)24-18-10-6-5-9-17(18)23-2/h3-10,14H,11-12H2,1-2H3. The number of hydrogen-bond acceptors (Lipinski definition) is 4. The van der Waals surface area contributed by atoms with Gasteiger partial charge < -0.3 is 14.4 Å². The van der Waals surface area contributed by atoms with Gasteiger partial charge in [0.2, 0.25) is 0 Å². The molecule has 0 radical (unpaired) electrons. The number of amides is 1. The average molecular weight is 325 g/mol. The Balaban J connectivity index is 1.65. The van der Waals surface area contributed by atoms with Gasteiger partial charge >= 0.3 is 0 Å². The van der Waals surface area contributed by atoms with E-state index in [1.807, 2.05) is 24.3 Å². The van der Waals surface area contributed by atoms with Crippen LogP contribution in [-0.4, -0.2) is 42.9 Å². The first-order chi connectivity index (χ1) is 11.6. The molecule has 1 amide bonds. The van der Waals surface area contributed by atoms with Crippen molar-refractivity contribution in [2.24, 2.45) is 0 Å². The van der Waals surface area contributed by atoms with E-state index in [0.717, 1.165) is 0 Å². The molecule has 0 unspecified atom stereocenters. The first-order valence-corrected chi connectivity index (χ1v) is 7.79. The first kappa shape index (κ1) is 16.1. The van der Waals surface area contributed by atoms with Crippen molar-refractivity contribution in [1.29, 1.82) is 0 Å². The average Bonchev–Trinajstić information content (AvgIpc) is 2.57. The number of nitrogens with zero attached hydrogens (tertiary/aromatic N) is 1. The minimum Gasteiger partial charge on any atom is -0.493 e. The predicted molar refractivity (Wildman–Crippen MR) is 89.8 cm³/mol. The van der Waals surface area contributed by atoms with E-state index < -0.39 is 0 Å². The van der Waals surface area contributed by atoms with E-state index >= 15 is 0 Å². The Bertz CT molecular complexity index is 765. The Morgan fingerprint density at radius 1 is 0.958 bits per heavy atom. The lowest BCUT2D eigenvalue weighted by molar-refractivity contribution is 0.0168. The third kappa shape index (κ3) is 3.11. The topological polar surface area (TPSA) is 55.8 Å². The Hall–Kier alpha value is -2.82. The van der Waals surface area contributed by atoms with E-state index in [1.165, 1.54) is 6.92 Å². The van der Waals surface area contributed by atoms with Gasteiger partial charge in [0.05, 0.1) is 25.8 Å². The first-order valence-electron chi connectivity index (χ1n) is 7.79. The van der Waals surface area contributed by atoms with E-state index in [0.29, 0.717) is 35.7 Å². The molecule has 5 nitrogen and oxygen atoms in total. The Morgan fingerprint density at radius 3 is 2.17 bits per heavy atom. The largest absolute Gasteiger partial charge is 0.493 e. The molecule has 1 aliphatic heterocycles. The van der Waals surface area contributed by atoms with Crippen molar-refractivity contribution in [3.05, 3.63) is 59.7 Å². The molecule has 0 saturated carbocycles. The summed E-state index contributed by atoms with van der Waals surface area (Å²) >= 11 is 0. The molecule has 2 aromatic carbocycles. The fourth-order valence-corrected chi connectivity index (χ4v) is 2.72. The van der Waals surface area contributed by atoms with Gasteiger partial charge in [-0.2, -0.15) is 0 Å². The summed E-state index contributed by atoms with van der Waals surface area (Å²) in [5.74, 6) is 1.09. The van der Waals surface area contributed by atoms with Crippen molar-refractivity contribution >= 4 is 11.7 Å². The summed E-state index contributed by atoms with van der Waals surface area (Å²) in [5, 5.41) is 0. The van der Waals surface area contributed by atoms with Crippen LogP contribution in [0.4, 0.5) is 0 Å². The van der Waals surface area contributed by atoms with E-state index in [9.17, 15) is 9.59 Å². The minimum atomic E-state index is -0.138. The van der Waals surface area contributed by atoms with Gasteiger partial charge in [-0.3, -0.25) is 9.59 Å². The molecule has 24 heavy (non-hydrogen) atoms. The molecule has 1 heterocycles. The second kappa shape index (κ2) is 6.74. The number of ether oxygens (including phenoxy) is 2. The van der Waals surface area contributed by atoms with Crippen LogP contribution in [0.1, 0.15) is 27.6 Å². The fraction of sp³-hybridized carbons (Fsp3) is 0.263.